The van der Waals surface area contributed by atoms with Crippen molar-refractivity contribution in [1.82, 2.24) is 19.8 Å². The highest BCUT2D eigenvalue weighted by atomic mass is 16.5. The van der Waals surface area contributed by atoms with Gasteiger partial charge in [0.25, 0.3) is 5.91 Å². The Balaban J connectivity index is 1.21. The summed E-state index contributed by atoms with van der Waals surface area (Å²) in [5.41, 5.74) is 3.95. The summed E-state index contributed by atoms with van der Waals surface area (Å²) in [6.07, 6.45) is 1.87. The molecule has 0 aliphatic carbocycles. The minimum absolute atomic E-state index is 0.0650. The number of ether oxygens (including phenoxy) is 1. The molecule has 2 aliphatic heterocycles. The first kappa shape index (κ1) is 21.9. The minimum Gasteiger partial charge on any atom is -0.378 e. The van der Waals surface area contributed by atoms with E-state index in [2.05, 4.69) is 39.0 Å². The van der Waals surface area contributed by atoms with Crippen molar-refractivity contribution < 1.29 is 9.53 Å². The van der Waals surface area contributed by atoms with E-state index in [9.17, 15) is 4.79 Å². The van der Waals surface area contributed by atoms with Crippen LogP contribution in [-0.4, -0.2) is 78.2 Å². The Labute approximate surface area is 204 Å². The van der Waals surface area contributed by atoms with Gasteiger partial charge in [-0.25, -0.2) is 4.98 Å². The number of pyridine rings is 2. The van der Waals surface area contributed by atoms with Crippen molar-refractivity contribution in [2.45, 2.75) is 6.54 Å². The molecule has 2 aromatic carbocycles. The summed E-state index contributed by atoms with van der Waals surface area (Å²) in [4.78, 5) is 29.6. The van der Waals surface area contributed by atoms with Crippen LogP contribution in [0.2, 0.25) is 0 Å². The summed E-state index contributed by atoms with van der Waals surface area (Å²) in [6, 6.07) is 20.4. The quantitative estimate of drug-likeness (QED) is 0.457. The summed E-state index contributed by atoms with van der Waals surface area (Å²) in [5, 5.41) is 2.09. The lowest BCUT2D eigenvalue weighted by atomic mass is 10.1. The zero-order chi connectivity index (χ0) is 23.6. The van der Waals surface area contributed by atoms with Gasteiger partial charge >= 0.3 is 0 Å². The van der Waals surface area contributed by atoms with Crippen molar-refractivity contribution in [2.24, 2.45) is 0 Å². The summed E-state index contributed by atoms with van der Waals surface area (Å²) in [5.74, 6) is 0.946. The van der Waals surface area contributed by atoms with Crippen LogP contribution in [0.4, 0.5) is 5.82 Å². The number of aromatic nitrogens is 2. The van der Waals surface area contributed by atoms with Crippen LogP contribution in [-0.2, 0) is 11.3 Å². The molecule has 6 rings (SSSR count). The second-order valence-electron chi connectivity index (χ2n) is 9.21. The van der Waals surface area contributed by atoms with E-state index < -0.39 is 0 Å². The normalized spacial score (nSPS) is 17.3. The fraction of sp³-hybridized carbons (Fsp3) is 0.321. The third-order valence-corrected chi connectivity index (χ3v) is 7.04. The van der Waals surface area contributed by atoms with Gasteiger partial charge in [-0.3, -0.25) is 14.7 Å². The molecule has 4 aromatic rings. The summed E-state index contributed by atoms with van der Waals surface area (Å²) < 4.78 is 5.45. The zero-order valence-electron chi connectivity index (χ0n) is 19.8. The van der Waals surface area contributed by atoms with Gasteiger partial charge < -0.3 is 14.5 Å². The largest absolute Gasteiger partial charge is 0.378 e. The number of hydrogen-bond donors (Lipinski definition) is 0. The molecule has 4 heterocycles. The lowest BCUT2D eigenvalue weighted by molar-refractivity contribution is 0.0304. The molecule has 7 nitrogen and oxygen atoms in total. The number of nitrogens with zero attached hydrogens (tertiary/aromatic N) is 5. The maximum Gasteiger partial charge on any atom is 0.254 e. The topological polar surface area (TPSA) is 61.8 Å². The van der Waals surface area contributed by atoms with E-state index in [1.54, 1.807) is 0 Å². The van der Waals surface area contributed by atoms with Crippen molar-refractivity contribution >= 4 is 33.5 Å². The van der Waals surface area contributed by atoms with Crippen LogP contribution in [0.1, 0.15) is 15.9 Å². The second-order valence-corrected chi connectivity index (χ2v) is 9.21. The van der Waals surface area contributed by atoms with E-state index in [0.29, 0.717) is 26.3 Å². The SMILES string of the molecule is O=C(c1cc(N2CCN(Cc3cccc4cccnc34)CC2)nc2ccccc12)N1CCOCC1. The molecule has 1 amide bonds. The molecular formula is C28H29N5O2. The van der Waals surface area contributed by atoms with Gasteiger partial charge in [0.15, 0.2) is 0 Å². The van der Waals surface area contributed by atoms with E-state index in [-0.39, 0.29) is 5.91 Å². The van der Waals surface area contributed by atoms with Crippen LogP contribution in [0.15, 0.2) is 66.9 Å². The first-order valence-electron chi connectivity index (χ1n) is 12.3. The number of piperazine rings is 1. The van der Waals surface area contributed by atoms with Gasteiger partial charge in [0.05, 0.1) is 29.8 Å². The summed E-state index contributed by atoms with van der Waals surface area (Å²) in [6.45, 7) is 6.94. The average molecular weight is 468 g/mol. The molecule has 2 aromatic heterocycles. The molecule has 35 heavy (non-hydrogen) atoms. The number of fused-ring (bicyclic) bond motifs is 2. The van der Waals surface area contributed by atoms with E-state index in [1.165, 1.54) is 10.9 Å². The van der Waals surface area contributed by atoms with Crippen molar-refractivity contribution in [3.63, 3.8) is 0 Å². The molecular weight excluding hydrogens is 438 g/mol. The second kappa shape index (κ2) is 9.60. The fourth-order valence-electron chi connectivity index (χ4n) is 5.11. The number of carbonyl (C=O) groups excluding carboxylic acids is 1. The van der Waals surface area contributed by atoms with Gasteiger partial charge in [-0.2, -0.15) is 0 Å². The number of carbonyl (C=O) groups is 1. The predicted molar refractivity (Wildman–Crippen MR) is 138 cm³/mol. The predicted octanol–water partition coefficient (Wildman–Crippen LogP) is 3.58. The summed E-state index contributed by atoms with van der Waals surface area (Å²) in [7, 11) is 0. The number of morpholine rings is 1. The molecule has 0 unspecified atom stereocenters. The molecule has 2 saturated heterocycles. The van der Waals surface area contributed by atoms with Gasteiger partial charge in [-0.05, 0) is 23.8 Å². The first-order chi connectivity index (χ1) is 17.3. The van der Waals surface area contributed by atoms with Crippen molar-refractivity contribution in [3.8, 4) is 0 Å². The standard InChI is InChI=1S/C28H29N5O2/c34-28(33-15-17-35-18-16-33)24-19-26(30-25-9-2-1-8-23(24)25)32-13-11-31(12-14-32)20-22-6-3-5-21-7-4-10-29-27(21)22/h1-10,19H,11-18,20H2. The van der Waals surface area contributed by atoms with Crippen LogP contribution in [0, 0.1) is 0 Å². The molecule has 0 bridgehead atoms. The van der Waals surface area contributed by atoms with Gasteiger partial charge in [-0.15, -0.1) is 0 Å². The van der Waals surface area contributed by atoms with Crippen molar-refractivity contribution in [3.05, 3.63) is 78.0 Å². The van der Waals surface area contributed by atoms with E-state index >= 15 is 0 Å². The van der Waals surface area contributed by atoms with Crippen LogP contribution in [0.25, 0.3) is 21.8 Å². The lowest BCUT2D eigenvalue weighted by Gasteiger charge is -2.36. The molecule has 2 fully saturated rings. The molecule has 178 valence electrons. The Morgan fingerprint density at radius 2 is 1.69 bits per heavy atom. The first-order valence-corrected chi connectivity index (χ1v) is 12.3. The lowest BCUT2D eigenvalue weighted by Crippen LogP contribution is -2.46. The van der Waals surface area contributed by atoms with Gasteiger partial charge in [0.1, 0.15) is 5.82 Å². The zero-order valence-corrected chi connectivity index (χ0v) is 19.8. The number of rotatable bonds is 4. The number of para-hydroxylation sites is 2. The molecule has 0 spiro atoms. The van der Waals surface area contributed by atoms with E-state index in [0.717, 1.165) is 60.5 Å². The highest BCUT2D eigenvalue weighted by Crippen LogP contribution is 2.26. The highest BCUT2D eigenvalue weighted by Gasteiger charge is 2.24. The summed E-state index contributed by atoms with van der Waals surface area (Å²) >= 11 is 0. The number of hydrogen-bond acceptors (Lipinski definition) is 6. The van der Waals surface area contributed by atoms with E-state index in [4.69, 9.17) is 9.72 Å². The maximum absolute atomic E-state index is 13.4. The Morgan fingerprint density at radius 3 is 2.54 bits per heavy atom. The fourth-order valence-corrected chi connectivity index (χ4v) is 5.11. The third kappa shape index (κ3) is 4.45. The number of benzene rings is 2. The maximum atomic E-state index is 13.4. The Hall–Kier alpha value is -3.55. The van der Waals surface area contributed by atoms with Crippen LogP contribution in [0.3, 0.4) is 0 Å². The van der Waals surface area contributed by atoms with Gasteiger partial charge in [-0.1, -0.05) is 42.5 Å². The number of anilines is 1. The Morgan fingerprint density at radius 1 is 0.886 bits per heavy atom. The highest BCUT2D eigenvalue weighted by molar-refractivity contribution is 6.07. The molecule has 2 aliphatic rings. The third-order valence-electron chi connectivity index (χ3n) is 7.04. The Bertz CT molecular complexity index is 1350. The van der Waals surface area contributed by atoms with Crippen LogP contribution >= 0.6 is 0 Å². The van der Waals surface area contributed by atoms with Crippen molar-refractivity contribution in [1.29, 1.82) is 0 Å². The van der Waals surface area contributed by atoms with Crippen LogP contribution < -0.4 is 4.90 Å². The van der Waals surface area contributed by atoms with Crippen LogP contribution in [0.5, 0.6) is 0 Å². The molecule has 0 N–H and O–H groups in total. The van der Waals surface area contributed by atoms with E-state index in [1.807, 2.05) is 47.5 Å². The molecule has 0 atom stereocenters. The number of amides is 1. The molecule has 7 heteroatoms. The smallest absolute Gasteiger partial charge is 0.254 e. The van der Waals surface area contributed by atoms with Gasteiger partial charge in [0, 0.05) is 62.8 Å². The minimum atomic E-state index is 0.0650. The average Bonchev–Trinajstić information content (AvgIpc) is 2.93. The Kier molecular flexibility index (Phi) is 6.02. The molecule has 0 radical (unpaired) electrons. The van der Waals surface area contributed by atoms with Gasteiger partial charge in [0.2, 0.25) is 0 Å². The molecule has 0 saturated carbocycles. The van der Waals surface area contributed by atoms with Crippen molar-refractivity contribution in [2.75, 3.05) is 57.4 Å². The monoisotopic (exact) mass is 467 g/mol.